The first kappa shape index (κ1) is 10.2. The van der Waals surface area contributed by atoms with Gasteiger partial charge in [-0.2, -0.15) is 0 Å². The molecule has 70 valence electrons. The van der Waals surface area contributed by atoms with Crippen LogP contribution in [0.3, 0.4) is 0 Å². The van der Waals surface area contributed by atoms with E-state index < -0.39 is 5.97 Å². The van der Waals surface area contributed by atoms with Crippen molar-refractivity contribution in [1.29, 1.82) is 0 Å². The molecule has 3 nitrogen and oxygen atoms in total. The summed E-state index contributed by atoms with van der Waals surface area (Å²) >= 11 is 11.3. The standard InChI is InChI=1S/C8H6Cl2O3/c1-13-5-3-2-4(9)6(7(5)10)8(11)12/h2-3H,1H3,(H,11,12)/p-1. The van der Waals surface area contributed by atoms with Crippen LogP contribution in [0.4, 0.5) is 0 Å². The quantitative estimate of drug-likeness (QED) is 0.756. The largest absolute Gasteiger partial charge is 0.545 e. The number of ether oxygens (including phenoxy) is 1. The van der Waals surface area contributed by atoms with Crippen LogP contribution in [0.25, 0.3) is 0 Å². The zero-order chi connectivity index (χ0) is 10.0. The lowest BCUT2D eigenvalue weighted by atomic mass is 10.2. The topological polar surface area (TPSA) is 49.4 Å². The highest BCUT2D eigenvalue weighted by molar-refractivity contribution is 6.40. The monoisotopic (exact) mass is 219 g/mol. The Bertz CT molecular complexity index is 349. The van der Waals surface area contributed by atoms with Crippen LogP contribution in [0.5, 0.6) is 5.75 Å². The predicted octanol–water partition coefficient (Wildman–Crippen LogP) is 1.37. The van der Waals surface area contributed by atoms with Gasteiger partial charge in [0.2, 0.25) is 0 Å². The Balaban J connectivity index is 3.38. The van der Waals surface area contributed by atoms with E-state index in [1.165, 1.54) is 19.2 Å². The minimum atomic E-state index is -1.42. The fraction of sp³-hybridized carbons (Fsp3) is 0.125. The van der Waals surface area contributed by atoms with Gasteiger partial charge in [-0.1, -0.05) is 23.2 Å². The number of carboxylic acids is 1. The average Bonchev–Trinajstić information content (AvgIpc) is 2.04. The molecule has 1 rings (SSSR count). The van der Waals surface area contributed by atoms with Gasteiger partial charge in [-0.25, -0.2) is 0 Å². The maximum atomic E-state index is 10.6. The zero-order valence-corrected chi connectivity index (χ0v) is 8.15. The van der Waals surface area contributed by atoms with E-state index in [1.807, 2.05) is 0 Å². The van der Waals surface area contributed by atoms with E-state index in [0.717, 1.165) is 0 Å². The molecule has 5 heteroatoms. The Morgan fingerprint density at radius 2 is 2.08 bits per heavy atom. The van der Waals surface area contributed by atoms with Crippen molar-refractivity contribution in [2.24, 2.45) is 0 Å². The van der Waals surface area contributed by atoms with Crippen molar-refractivity contribution in [1.82, 2.24) is 0 Å². The molecule has 0 heterocycles. The molecule has 0 aliphatic carbocycles. The summed E-state index contributed by atoms with van der Waals surface area (Å²) in [5.74, 6) is -1.17. The van der Waals surface area contributed by atoms with Gasteiger partial charge in [0.15, 0.2) is 0 Å². The van der Waals surface area contributed by atoms with Crippen LogP contribution in [-0.4, -0.2) is 13.1 Å². The highest BCUT2D eigenvalue weighted by atomic mass is 35.5. The Hall–Kier alpha value is -0.930. The van der Waals surface area contributed by atoms with E-state index in [-0.39, 0.29) is 21.4 Å². The summed E-state index contributed by atoms with van der Waals surface area (Å²) in [6, 6.07) is 2.87. The molecule has 0 aliphatic rings. The van der Waals surface area contributed by atoms with Gasteiger partial charge in [0.25, 0.3) is 0 Å². The van der Waals surface area contributed by atoms with Gasteiger partial charge in [0.1, 0.15) is 5.75 Å². The van der Waals surface area contributed by atoms with E-state index in [0.29, 0.717) is 0 Å². The average molecular weight is 220 g/mol. The van der Waals surface area contributed by atoms with Gasteiger partial charge >= 0.3 is 0 Å². The molecule has 0 amide bonds. The van der Waals surface area contributed by atoms with Gasteiger partial charge in [0, 0.05) is 5.56 Å². The van der Waals surface area contributed by atoms with Crippen molar-refractivity contribution >= 4 is 29.2 Å². The molecule has 13 heavy (non-hydrogen) atoms. The van der Waals surface area contributed by atoms with Crippen LogP contribution in [-0.2, 0) is 0 Å². The predicted molar refractivity (Wildman–Crippen MR) is 47.3 cm³/mol. The molecular weight excluding hydrogens is 215 g/mol. The van der Waals surface area contributed by atoms with Crippen LogP contribution in [0, 0.1) is 0 Å². The lowest BCUT2D eigenvalue weighted by Gasteiger charge is -2.10. The summed E-state index contributed by atoms with van der Waals surface area (Å²) in [6.45, 7) is 0. The number of carboxylic acid groups (broad SMARTS) is 1. The number of benzene rings is 1. The van der Waals surface area contributed by atoms with Crippen molar-refractivity contribution in [3.63, 3.8) is 0 Å². The Labute approximate surface area is 84.8 Å². The van der Waals surface area contributed by atoms with Crippen LogP contribution in [0.1, 0.15) is 10.4 Å². The summed E-state index contributed by atoms with van der Waals surface area (Å²) in [4.78, 5) is 10.6. The summed E-state index contributed by atoms with van der Waals surface area (Å²) in [7, 11) is 1.38. The molecule has 1 aromatic carbocycles. The van der Waals surface area contributed by atoms with Crippen LogP contribution in [0.15, 0.2) is 12.1 Å². The number of methoxy groups -OCH3 is 1. The molecule has 1 aromatic rings. The second-order valence-electron chi connectivity index (χ2n) is 2.23. The maximum absolute atomic E-state index is 10.6. The zero-order valence-electron chi connectivity index (χ0n) is 6.64. The molecule has 0 aromatic heterocycles. The first-order valence-electron chi connectivity index (χ1n) is 3.31. The number of hydrogen-bond acceptors (Lipinski definition) is 3. The van der Waals surface area contributed by atoms with Gasteiger partial charge in [-0.3, -0.25) is 0 Å². The van der Waals surface area contributed by atoms with Gasteiger partial charge in [0.05, 0.1) is 23.1 Å². The third kappa shape index (κ3) is 1.87. The van der Waals surface area contributed by atoms with Crippen molar-refractivity contribution in [3.05, 3.63) is 27.7 Å². The van der Waals surface area contributed by atoms with Crippen molar-refractivity contribution < 1.29 is 14.6 Å². The maximum Gasteiger partial charge on any atom is 0.138 e. The molecule has 0 spiro atoms. The number of carbonyl (C=O) groups excluding carboxylic acids is 1. The minimum Gasteiger partial charge on any atom is -0.545 e. The molecule has 0 unspecified atom stereocenters. The Kier molecular flexibility index (Phi) is 3.01. The fourth-order valence-electron chi connectivity index (χ4n) is 0.878. The number of aromatic carboxylic acids is 1. The summed E-state index contributed by atoms with van der Waals surface area (Å²) < 4.78 is 4.81. The summed E-state index contributed by atoms with van der Waals surface area (Å²) in [5, 5.41) is 10.6. The summed E-state index contributed by atoms with van der Waals surface area (Å²) in [5.41, 5.74) is -0.248. The highest BCUT2D eigenvalue weighted by Crippen LogP contribution is 2.32. The van der Waals surface area contributed by atoms with Gasteiger partial charge in [-0.15, -0.1) is 0 Å². The number of hydrogen-bond donors (Lipinski definition) is 0. The fourth-order valence-corrected chi connectivity index (χ4v) is 1.48. The molecule has 0 bridgehead atoms. The number of rotatable bonds is 2. The van der Waals surface area contributed by atoms with Crippen molar-refractivity contribution in [3.8, 4) is 5.75 Å². The third-order valence-corrected chi connectivity index (χ3v) is 2.17. The molecule has 0 saturated heterocycles. The molecular formula is C8H5Cl2O3-. The van der Waals surface area contributed by atoms with E-state index in [1.54, 1.807) is 0 Å². The van der Waals surface area contributed by atoms with Crippen LogP contribution < -0.4 is 9.84 Å². The smallest absolute Gasteiger partial charge is 0.138 e. The van der Waals surface area contributed by atoms with Gasteiger partial charge < -0.3 is 14.6 Å². The number of carbonyl (C=O) groups is 1. The normalized spacial score (nSPS) is 9.77. The molecule has 0 aliphatic heterocycles. The third-order valence-electron chi connectivity index (χ3n) is 1.48. The van der Waals surface area contributed by atoms with E-state index >= 15 is 0 Å². The summed E-state index contributed by atoms with van der Waals surface area (Å²) in [6.07, 6.45) is 0. The second-order valence-corrected chi connectivity index (χ2v) is 3.01. The van der Waals surface area contributed by atoms with Crippen molar-refractivity contribution in [2.75, 3.05) is 7.11 Å². The van der Waals surface area contributed by atoms with Crippen LogP contribution in [0.2, 0.25) is 10.0 Å². The highest BCUT2D eigenvalue weighted by Gasteiger charge is 2.11. The number of halogens is 2. The molecule has 0 fully saturated rings. The first-order valence-corrected chi connectivity index (χ1v) is 4.07. The van der Waals surface area contributed by atoms with Crippen molar-refractivity contribution in [2.45, 2.75) is 0 Å². The van der Waals surface area contributed by atoms with Gasteiger partial charge in [-0.05, 0) is 12.1 Å². The Morgan fingerprint density at radius 3 is 2.54 bits per heavy atom. The van der Waals surface area contributed by atoms with E-state index in [2.05, 4.69) is 0 Å². The lowest BCUT2D eigenvalue weighted by Crippen LogP contribution is -2.23. The molecule has 0 saturated carbocycles. The van der Waals surface area contributed by atoms with E-state index in [4.69, 9.17) is 27.9 Å². The minimum absolute atomic E-state index is 0.0331. The van der Waals surface area contributed by atoms with E-state index in [9.17, 15) is 9.90 Å². The Morgan fingerprint density at radius 1 is 1.46 bits per heavy atom. The molecule has 0 radical (unpaired) electrons. The second kappa shape index (κ2) is 3.85. The molecule has 0 atom stereocenters. The first-order chi connectivity index (χ1) is 6.07. The molecule has 0 N–H and O–H groups in total. The lowest BCUT2D eigenvalue weighted by molar-refractivity contribution is -0.255. The SMILES string of the molecule is COc1ccc(Cl)c(C(=O)[O-])c1Cl. The van der Waals surface area contributed by atoms with Crippen LogP contribution >= 0.6 is 23.2 Å².